The molecule has 0 amide bonds. The van der Waals surface area contributed by atoms with Gasteiger partial charge in [0.15, 0.2) is 0 Å². The van der Waals surface area contributed by atoms with Crippen LogP contribution >= 0.6 is 0 Å². The van der Waals surface area contributed by atoms with E-state index in [0.29, 0.717) is 5.92 Å². The molecule has 2 N–H and O–H groups in total. The Morgan fingerprint density at radius 2 is 2.21 bits per heavy atom. The maximum absolute atomic E-state index is 9.00. The van der Waals surface area contributed by atoms with Crippen molar-refractivity contribution in [3.8, 4) is 0 Å². The third-order valence-corrected chi connectivity index (χ3v) is 3.30. The first-order chi connectivity index (χ1) is 8.98. The molecule has 2 rings (SSSR count). The average molecular weight is 264 g/mol. The quantitative estimate of drug-likeness (QED) is 0.869. The van der Waals surface area contributed by atoms with Gasteiger partial charge in [0, 0.05) is 31.3 Å². The van der Waals surface area contributed by atoms with Crippen molar-refractivity contribution in [2.45, 2.75) is 39.2 Å². The molecule has 1 aromatic heterocycles. The van der Waals surface area contributed by atoms with Crippen LogP contribution < -0.4 is 10.2 Å². The highest BCUT2D eigenvalue weighted by Crippen LogP contribution is 2.25. The second-order valence-electron chi connectivity index (χ2n) is 6.25. The van der Waals surface area contributed by atoms with Crippen molar-refractivity contribution < 1.29 is 5.11 Å². The minimum Gasteiger partial charge on any atom is -0.396 e. The number of hydrogen-bond acceptors (Lipinski definition) is 5. The normalized spacial score (nSPS) is 19.8. The van der Waals surface area contributed by atoms with Crippen molar-refractivity contribution >= 4 is 11.6 Å². The topological polar surface area (TPSA) is 61.3 Å². The highest BCUT2D eigenvalue weighted by Gasteiger charge is 2.23. The number of anilines is 2. The highest BCUT2D eigenvalue weighted by atomic mass is 16.3. The van der Waals surface area contributed by atoms with E-state index in [1.54, 1.807) is 6.33 Å². The van der Waals surface area contributed by atoms with E-state index in [2.05, 4.69) is 41.0 Å². The van der Waals surface area contributed by atoms with E-state index < -0.39 is 0 Å². The van der Waals surface area contributed by atoms with Gasteiger partial charge in [-0.1, -0.05) is 0 Å². The molecule has 5 nitrogen and oxygen atoms in total. The fourth-order valence-electron chi connectivity index (χ4n) is 2.43. The van der Waals surface area contributed by atoms with Crippen molar-refractivity contribution in [1.29, 1.82) is 0 Å². The Hall–Kier alpha value is -1.36. The summed E-state index contributed by atoms with van der Waals surface area (Å²) in [4.78, 5) is 10.9. The smallest absolute Gasteiger partial charge is 0.134 e. The Morgan fingerprint density at radius 1 is 1.42 bits per heavy atom. The van der Waals surface area contributed by atoms with Gasteiger partial charge in [-0.05, 0) is 39.5 Å². The van der Waals surface area contributed by atoms with Gasteiger partial charge in [-0.15, -0.1) is 0 Å². The third kappa shape index (κ3) is 4.06. The van der Waals surface area contributed by atoms with Crippen LogP contribution in [0.2, 0.25) is 0 Å². The number of hydrogen-bond donors (Lipinski definition) is 2. The lowest BCUT2D eigenvalue weighted by Gasteiger charge is -2.23. The summed E-state index contributed by atoms with van der Waals surface area (Å²) in [6.07, 6.45) is 3.63. The van der Waals surface area contributed by atoms with Gasteiger partial charge in [0.25, 0.3) is 0 Å². The zero-order valence-corrected chi connectivity index (χ0v) is 12.1. The molecule has 1 atom stereocenters. The fourth-order valence-corrected chi connectivity index (χ4v) is 2.43. The monoisotopic (exact) mass is 264 g/mol. The third-order valence-electron chi connectivity index (χ3n) is 3.30. The van der Waals surface area contributed by atoms with Gasteiger partial charge in [-0.2, -0.15) is 0 Å². The SMILES string of the molecule is CC(C)(C)Nc1cc(N2CCC(CCO)C2)ncn1. The van der Waals surface area contributed by atoms with Gasteiger partial charge in [0.1, 0.15) is 18.0 Å². The van der Waals surface area contributed by atoms with E-state index in [0.717, 1.165) is 37.6 Å². The van der Waals surface area contributed by atoms with Gasteiger partial charge in [0.05, 0.1) is 0 Å². The van der Waals surface area contributed by atoms with E-state index in [1.165, 1.54) is 0 Å². The molecule has 1 saturated heterocycles. The summed E-state index contributed by atoms with van der Waals surface area (Å²) < 4.78 is 0. The summed E-state index contributed by atoms with van der Waals surface area (Å²) in [6, 6.07) is 2.01. The number of nitrogens with one attached hydrogen (secondary N) is 1. The zero-order chi connectivity index (χ0) is 13.9. The Bertz CT molecular complexity index is 416. The molecule has 0 spiro atoms. The second-order valence-corrected chi connectivity index (χ2v) is 6.25. The zero-order valence-electron chi connectivity index (χ0n) is 12.1. The molecule has 1 unspecified atom stereocenters. The van der Waals surface area contributed by atoms with Gasteiger partial charge < -0.3 is 15.3 Å². The molecule has 0 radical (unpaired) electrons. The van der Waals surface area contributed by atoms with Crippen LogP contribution in [0.1, 0.15) is 33.6 Å². The van der Waals surface area contributed by atoms with Gasteiger partial charge in [0.2, 0.25) is 0 Å². The van der Waals surface area contributed by atoms with Crippen molar-refractivity contribution in [3.63, 3.8) is 0 Å². The number of aliphatic hydroxyl groups is 1. The minimum absolute atomic E-state index is 0.00391. The Labute approximate surface area is 115 Å². The van der Waals surface area contributed by atoms with Crippen LogP contribution in [0.5, 0.6) is 0 Å². The van der Waals surface area contributed by atoms with E-state index in [1.807, 2.05) is 6.07 Å². The molecule has 1 aliphatic heterocycles. The summed E-state index contributed by atoms with van der Waals surface area (Å²) in [6.45, 7) is 8.61. The summed E-state index contributed by atoms with van der Waals surface area (Å²) in [5, 5.41) is 12.4. The number of aliphatic hydroxyl groups excluding tert-OH is 1. The molecule has 19 heavy (non-hydrogen) atoms. The molecule has 0 aliphatic carbocycles. The van der Waals surface area contributed by atoms with Crippen LogP contribution in [0.15, 0.2) is 12.4 Å². The van der Waals surface area contributed by atoms with Crippen molar-refractivity contribution in [3.05, 3.63) is 12.4 Å². The molecular weight excluding hydrogens is 240 g/mol. The van der Waals surface area contributed by atoms with E-state index in [-0.39, 0.29) is 12.1 Å². The summed E-state index contributed by atoms with van der Waals surface area (Å²) in [7, 11) is 0. The molecule has 1 aliphatic rings. The average Bonchev–Trinajstić information content (AvgIpc) is 2.76. The van der Waals surface area contributed by atoms with Gasteiger partial charge >= 0.3 is 0 Å². The lowest BCUT2D eigenvalue weighted by atomic mass is 10.1. The van der Waals surface area contributed by atoms with Crippen LogP contribution in [0, 0.1) is 5.92 Å². The first kappa shape index (κ1) is 14.1. The number of aromatic nitrogens is 2. The molecule has 5 heteroatoms. The molecule has 0 aromatic carbocycles. The second kappa shape index (κ2) is 5.74. The lowest BCUT2D eigenvalue weighted by molar-refractivity contribution is 0.263. The largest absolute Gasteiger partial charge is 0.396 e. The minimum atomic E-state index is -0.00391. The Balaban J connectivity index is 2.03. The molecule has 1 aromatic rings. The Kier molecular flexibility index (Phi) is 4.24. The van der Waals surface area contributed by atoms with Crippen LogP contribution in [-0.4, -0.2) is 40.3 Å². The number of nitrogens with zero attached hydrogens (tertiary/aromatic N) is 3. The van der Waals surface area contributed by atoms with Crippen LogP contribution in [0.25, 0.3) is 0 Å². The maximum Gasteiger partial charge on any atom is 0.134 e. The molecule has 106 valence electrons. The number of rotatable bonds is 4. The van der Waals surface area contributed by atoms with Gasteiger partial charge in [-0.3, -0.25) is 0 Å². The predicted octanol–water partition coefficient (Wildman–Crippen LogP) is 1.90. The van der Waals surface area contributed by atoms with E-state index >= 15 is 0 Å². The summed E-state index contributed by atoms with van der Waals surface area (Å²) in [5.74, 6) is 2.42. The van der Waals surface area contributed by atoms with Crippen LogP contribution in [0.4, 0.5) is 11.6 Å². The first-order valence-electron chi connectivity index (χ1n) is 6.94. The van der Waals surface area contributed by atoms with Crippen molar-refractivity contribution in [2.24, 2.45) is 5.92 Å². The molecular formula is C14H24N4O. The molecule has 1 fully saturated rings. The molecule has 2 heterocycles. The fraction of sp³-hybridized carbons (Fsp3) is 0.714. The van der Waals surface area contributed by atoms with Crippen LogP contribution in [0.3, 0.4) is 0 Å². The lowest BCUT2D eigenvalue weighted by Crippen LogP contribution is -2.27. The van der Waals surface area contributed by atoms with Crippen molar-refractivity contribution in [2.75, 3.05) is 29.9 Å². The van der Waals surface area contributed by atoms with Crippen LogP contribution in [-0.2, 0) is 0 Å². The van der Waals surface area contributed by atoms with E-state index in [4.69, 9.17) is 5.11 Å². The summed E-state index contributed by atoms with van der Waals surface area (Å²) >= 11 is 0. The van der Waals surface area contributed by atoms with Crippen molar-refractivity contribution in [1.82, 2.24) is 9.97 Å². The predicted molar refractivity (Wildman–Crippen MR) is 77.4 cm³/mol. The van der Waals surface area contributed by atoms with Gasteiger partial charge in [-0.25, -0.2) is 9.97 Å². The summed E-state index contributed by atoms with van der Waals surface area (Å²) in [5.41, 5.74) is -0.00391. The van der Waals surface area contributed by atoms with E-state index in [9.17, 15) is 0 Å². The first-order valence-corrected chi connectivity index (χ1v) is 6.94. The highest BCUT2D eigenvalue weighted by molar-refractivity contribution is 5.50. The molecule has 0 saturated carbocycles. The standard InChI is InChI=1S/C14H24N4O/c1-14(2,3)17-12-8-13(16-10-15-12)18-6-4-11(9-18)5-7-19/h8,10-11,19H,4-7,9H2,1-3H3,(H,15,16,17). The molecule has 0 bridgehead atoms. The maximum atomic E-state index is 9.00. The Morgan fingerprint density at radius 3 is 2.89 bits per heavy atom.